The van der Waals surface area contributed by atoms with E-state index >= 15 is 0 Å². The van der Waals surface area contributed by atoms with Gasteiger partial charge in [-0.2, -0.15) is 26.3 Å². The predicted molar refractivity (Wildman–Crippen MR) is 193 cm³/mol. The molecule has 0 radical (unpaired) electrons. The number of aliphatic hydroxyl groups is 1. The first-order valence-electron chi connectivity index (χ1n) is 13.8. The molecule has 0 aromatic heterocycles. The van der Waals surface area contributed by atoms with E-state index in [0.29, 0.717) is 17.2 Å². The van der Waals surface area contributed by atoms with Gasteiger partial charge in [-0.1, -0.05) is 47.5 Å². The van der Waals surface area contributed by atoms with Crippen LogP contribution in [0.2, 0.25) is 10.0 Å². The molecule has 1 atom stereocenters. The number of Topliss-reactive ketones (excluding diaryl/α,β-unsaturated/α-hetero) is 1. The number of allylic oxidation sites excluding steroid dienone is 2. The molecule has 3 nitrogen and oxygen atoms in total. The van der Waals surface area contributed by atoms with Gasteiger partial charge in [0, 0.05) is 21.2 Å². The van der Waals surface area contributed by atoms with Crippen LogP contribution >= 0.6 is 86.9 Å². The number of hydrogen-bond donors (Lipinski definition) is 1. The topological polar surface area (TPSA) is 54.4 Å². The molecule has 1 unspecified atom stereocenters. The van der Waals surface area contributed by atoms with E-state index in [4.69, 9.17) is 23.2 Å². The first-order valence-corrected chi connectivity index (χ1v) is 17.8. The van der Waals surface area contributed by atoms with Crippen LogP contribution < -0.4 is 0 Å². The minimum absolute atomic E-state index is 0.0255. The first kappa shape index (κ1) is 43.3. The first-order chi connectivity index (χ1) is 23.4. The van der Waals surface area contributed by atoms with Crippen molar-refractivity contribution in [3.63, 3.8) is 0 Å². The van der Waals surface area contributed by atoms with Crippen molar-refractivity contribution in [3.8, 4) is 0 Å². The maximum atomic E-state index is 13.7. The molecule has 0 amide bonds. The predicted octanol–water partition coefficient (Wildman–Crippen LogP) is 13.5. The van der Waals surface area contributed by atoms with Crippen LogP contribution in [-0.4, -0.2) is 29.0 Å². The summed E-state index contributed by atoms with van der Waals surface area (Å²) in [6.45, 7) is 3.39. The van der Waals surface area contributed by atoms with Crippen molar-refractivity contribution < 1.29 is 49.8 Å². The van der Waals surface area contributed by atoms with Crippen LogP contribution in [0.1, 0.15) is 49.4 Å². The highest BCUT2D eigenvalue weighted by atomic mass is 79.9. The number of carbonyl (C=O) groups excluding carboxylic acids is 2. The lowest BCUT2D eigenvalue weighted by atomic mass is 9.86. The van der Waals surface area contributed by atoms with Gasteiger partial charge in [-0.25, -0.2) is 8.78 Å². The second-order valence-corrected chi connectivity index (χ2v) is 15.0. The lowest BCUT2D eigenvalue weighted by molar-refractivity contribution is -0.264. The molecule has 17 heteroatoms. The molecule has 0 aliphatic carbocycles. The molecule has 4 rings (SSSR count). The molecule has 0 aliphatic rings. The standard InChI is InChI=1S/C17H11Br2ClF4O2.C17H9Br2ClF4O/c1-8-2-3-9(4-13(8)20)14(25)7-16(26,17(22,23)24)10-5-11(18)15(21)12(19)6-10;1-8-2-3-9(6-14(8)20)15(25)7-11(17(22,23)24)10-4-12(18)16(21)13(19)5-10/h2-6,26H,7H2,1H3;2-7H,1H3. The largest absolute Gasteiger partial charge is 0.421 e. The molecule has 0 spiro atoms. The normalized spacial score (nSPS) is 13.3. The summed E-state index contributed by atoms with van der Waals surface area (Å²) in [6, 6.07) is 11.8. The fourth-order valence-corrected chi connectivity index (χ4v) is 7.00. The van der Waals surface area contributed by atoms with E-state index < -0.39 is 58.7 Å². The average molecular weight is 1020 g/mol. The van der Waals surface area contributed by atoms with Crippen molar-refractivity contribution in [2.75, 3.05) is 0 Å². The summed E-state index contributed by atoms with van der Waals surface area (Å²) in [4.78, 5) is 24.6. The molecule has 0 heterocycles. The third-order valence-electron chi connectivity index (χ3n) is 7.17. The van der Waals surface area contributed by atoms with Crippen LogP contribution in [0.3, 0.4) is 0 Å². The Balaban J connectivity index is 0.000000276. The van der Waals surface area contributed by atoms with Crippen LogP contribution in [-0.2, 0) is 5.60 Å². The second-order valence-electron chi connectivity index (χ2n) is 10.8. The van der Waals surface area contributed by atoms with Crippen molar-refractivity contribution >= 4 is 104 Å². The maximum absolute atomic E-state index is 13.7. The Morgan fingerprint density at radius 1 is 0.686 bits per heavy atom. The number of halogens is 14. The van der Waals surface area contributed by atoms with Gasteiger partial charge < -0.3 is 5.11 Å². The summed E-state index contributed by atoms with van der Waals surface area (Å²) in [7, 11) is 0. The van der Waals surface area contributed by atoms with E-state index in [0.717, 1.165) is 24.3 Å². The Morgan fingerprint density at radius 3 is 1.51 bits per heavy atom. The van der Waals surface area contributed by atoms with Gasteiger partial charge in [-0.05, 0) is 142 Å². The average Bonchev–Trinajstić information content (AvgIpc) is 3.02. The molecule has 0 aliphatic heterocycles. The van der Waals surface area contributed by atoms with E-state index in [-0.39, 0.29) is 44.6 Å². The number of benzene rings is 4. The van der Waals surface area contributed by atoms with Gasteiger partial charge >= 0.3 is 12.4 Å². The number of alkyl halides is 6. The molecule has 0 bridgehead atoms. The highest BCUT2D eigenvalue weighted by Crippen LogP contribution is 2.45. The molecular weight excluding hydrogens is 999 g/mol. The molecule has 4 aromatic rings. The van der Waals surface area contributed by atoms with Crippen LogP contribution in [0.15, 0.2) is 84.6 Å². The van der Waals surface area contributed by atoms with E-state index in [9.17, 15) is 49.8 Å². The summed E-state index contributed by atoms with van der Waals surface area (Å²) in [5.41, 5.74) is -4.39. The summed E-state index contributed by atoms with van der Waals surface area (Å²) in [5, 5.41) is 10.9. The molecule has 0 saturated carbocycles. The maximum Gasteiger partial charge on any atom is 0.421 e. The van der Waals surface area contributed by atoms with Crippen molar-refractivity contribution in [2.45, 2.75) is 38.2 Å². The summed E-state index contributed by atoms with van der Waals surface area (Å²) in [6.07, 6.45) is -10.8. The van der Waals surface area contributed by atoms with Gasteiger partial charge in [-0.3, -0.25) is 9.59 Å². The Bertz CT molecular complexity index is 1990. The molecule has 1 N–H and O–H groups in total. The van der Waals surface area contributed by atoms with Gasteiger partial charge in [-0.15, -0.1) is 0 Å². The lowest BCUT2D eigenvalue weighted by Crippen LogP contribution is -2.44. The molecule has 0 saturated heterocycles. The molecule has 272 valence electrons. The second kappa shape index (κ2) is 16.9. The quantitative estimate of drug-likeness (QED) is 0.0869. The van der Waals surface area contributed by atoms with E-state index in [1.165, 1.54) is 30.3 Å². The van der Waals surface area contributed by atoms with E-state index in [1.807, 2.05) is 0 Å². The van der Waals surface area contributed by atoms with Gasteiger partial charge in [0.15, 0.2) is 28.8 Å². The molecule has 4 aromatic carbocycles. The third kappa shape index (κ3) is 10.5. The zero-order valence-electron chi connectivity index (χ0n) is 25.6. The Labute approximate surface area is 329 Å². The monoisotopic (exact) mass is 1010 g/mol. The minimum atomic E-state index is -5.17. The van der Waals surface area contributed by atoms with Gasteiger partial charge in [0.25, 0.3) is 0 Å². The van der Waals surface area contributed by atoms with Crippen molar-refractivity contribution in [2.24, 2.45) is 0 Å². The fraction of sp³-hybridized carbons (Fsp3) is 0.176. The highest BCUT2D eigenvalue weighted by Gasteiger charge is 2.56. The van der Waals surface area contributed by atoms with Crippen LogP contribution in [0.25, 0.3) is 5.57 Å². The van der Waals surface area contributed by atoms with Gasteiger partial charge in [0.05, 0.1) is 29.9 Å². The molecule has 51 heavy (non-hydrogen) atoms. The van der Waals surface area contributed by atoms with Gasteiger partial charge in [0.1, 0.15) is 0 Å². The lowest BCUT2D eigenvalue weighted by Gasteiger charge is -2.31. The Morgan fingerprint density at radius 2 is 1.10 bits per heavy atom. The van der Waals surface area contributed by atoms with Gasteiger partial charge in [0.2, 0.25) is 0 Å². The fourth-order valence-electron chi connectivity index (χ4n) is 4.26. The Kier molecular flexibility index (Phi) is 14.3. The SMILES string of the molecule is Cc1ccc(C(=O)C=C(c2cc(Br)c(F)c(Br)c2)C(F)(F)F)cc1Cl.Cc1ccc(C(=O)CC(O)(c2cc(Br)c(F)c(Br)c2)C(F)(F)F)cc1Cl. The van der Waals surface area contributed by atoms with E-state index in [2.05, 4.69) is 63.7 Å². The van der Waals surface area contributed by atoms with Crippen molar-refractivity contribution in [1.82, 2.24) is 0 Å². The Hall–Kier alpha value is -2.14. The number of aryl methyl sites for hydroxylation is 2. The van der Waals surface area contributed by atoms with Crippen molar-refractivity contribution in [3.05, 3.63) is 140 Å². The van der Waals surface area contributed by atoms with Crippen molar-refractivity contribution in [1.29, 1.82) is 0 Å². The summed E-state index contributed by atoms with van der Waals surface area (Å²) < 4.78 is 108. The number of carbonyl (C=O) groups is 2. The summed E-state index contributed by atoms with van der Waals surface area (Å²) in [5.74, 6) is -3.37. The number of hydrogen-bond acceptors (Lipinski definition) is 3. The van der Waals surface area contributed by atoms with Crippen LogP contribution in [0.5, 0.6) is 0 Å². The summed E-state index contributed by atoms with van der Waals surface area (Å²) >= 11 is 23.1. The zero-order valence-corrected chi connectivity index (χ0v) is 33.5. The number of rotatable bonds is 7. The highest BCUT2D eigenvalue weighted by molar-refractivity contribution is 9.11. The van der Waals surface area contributed by atoms with Crippen LogP contribution in [0, 0.1) is 25.5 Å². The third-order valence-corrected chi connectivity index (χ3v) is 10.3. The molecular formula is C34H20Br4Cl2F8O3. The smallest absolute Gasteiger partial charge is 0.376 e. The van der Waals surface area contributed by atoms with Crippen LogP contribution in [0.4, 0.5) is 35.1 Å². The number of ketones is 2. The minimum Gasteiger partial charge on any atom is -0.376 e. The van der Waals surface area contributed by atoms with E-state index in [1.54, 1.807) is 19.9 Å². The molecule has 0 fully saturated rings. The zero-order chi connectivity index (χ0) is 38.8.